The molecule has 4 rings (SSSR count). The van der Waals surface area contributed by atoms with Crippen molar-refractivity contribution in [3.05, 3.63) is 17.5 Å². The van der Waals surface area contributed by atoms with Crippen LogP contribution in [-0.4, -0.2) is 47.5 Å². The van der Waals surface area contributed by atoms with Crippen molar-refractivity contribution < 1.29 is 4.79 Å². The first-order chi connectivity index (χ1) is 14.0. The Balaban J connectivity index is 1.24. The fourth-order valence-electron chi connectivity index (χ4n) is 5.92. The van der Waals surface area contributed by atoms with Crippen LogP contribution in [0.3, 0.4) is 0 Å². The summed E-state index contributed by atoms with van der Waals surface area (Å²) in [7, 11) is 1.99. The Bertz CT molecular complexity index is 696. The number of carbonyl (C=O) groups is 1. The molecule has 2 heterocycles. The van der Waals surface area contributed by atoms with Crippen LogP contribution in [0.25, 0.3) is 0 Å². The van der Waals surface area contributed by atoms with Gasteiger partial charge in [0.05, 0.1) is 12.4 Å². The van der Waals surface area contributed by atoms with E-state index < -0.39 is 0 Å². The molecule has 0 aromatic carbocycles. The zero-order valence-electron chi connectivity index (χ0n) is 17.8. The van der Waals surface area contributed by atoms with Crippen molar-refractivity contribution in [3.63, 3.8) is 0 Å². The quantitative estimate of drug-likeness (QED) is 0.679. The largest absolute Gasteiger partial charge is 0.355 e. The highest BCUT2D eigenvalue weighted by Gasteiger charge is 2.38. The zero-order chi connectivity index (χ0) is 20.3. The van der Waals surface area contributed by atoms with Crippen LogP contribution in [0.5, 0.6) is 0 Å². The summed E-state index contributed by atoms with van der Waals surface area (Å²) in [6.07, 6.45) is 17.3. The highest BCUT2D eigenvalue weighted by Crippen LogP contribution is 2.50. The van der Waals surface area contributed by atoms with E-state index in [9.17, 15) is 4.79 Å². The Morgan fingerprint density at radius 1 is 1.14 bits per heavy atom. The molecule has 2 aliphatic carbocycles. The van der Waals surface area contributed by atoms with Gasteiger partial charge in [-0.25, -0.2) is 4.98 Å². The topological polar surface area (TPSA) is 49.3 Å². The van der Waals surface area contributed by atoms with Crippen LogP contribution in [0.15, 0.2) is 12.4 Å². The first-order valence-electron chi connectivity index (χ1n) is 11.5. The van der Waals surface area contributed by atoms with Gasteiger partial charge in [-0.2, -0.15) is 0 Å². The Hall–Kier alpha value is -1.36. The molecule has 0 radical (unpaired) electrons. The summed E-state index contributed by atoms with van der Waals surface area (Å²) in [5.41, 5.74) is 0.653. The van der Waals surface area contributed by atoms with Crippen LogP contribution < -0.4 is 4.90 Å². The summed E-state index contributed by atoms with van der Waals surface area (Å²) in [6, 6.07) is 0. The third-order valence-electron chi connectivity index (χ3n) is 7.69. The highest BCUT2D eigenvalue weighted by atomic mass is 35.5. The molecule has 160 valence electrons. The van der Waals surface area contributed by atoms with Gasteiger partial charge in [-0.3, -0.25) is 9.78 Å². The maximum Gasteiger partial charge on any atom is 0.222 e. The van der Waals surface area contributed by atoms with Gasteiger partial charge in [0.1, 0.15) is 11.0 Å². The minimum atomic E-state index is 0.331. The van der Waals surface area contributed by atoms with Gasteiger partial charge in [0.2, 0.25) is 5.91 Å². The van der Waals surface area contributed by atoms with Gasteiger partial charge in [-0.1, -0.05) is 24.4 Å². The van der Waals surface area contributed by atoms with E-state index in [1.807, 2.05) is 11.9 Å². The number of aromatic nitrogens is 2. The standard InChI is InChI=1S/C23H35ClN4O/c1-27(22(29)13-18-6-10-23(11-7-18)8-2-3-9-23)16-19-5-4-12-28(17-19)21-15-25-14-20(24)26-21/h14-15,18-19H,2-13,16-17H2,1H3. The maximum absolute atomic E-state index is 12.9. The van der Waals surface area contributed by atoms with Crippen LogP contribution in [0.2, 0.25) is 5.15 Å². The highest BCUT2D eigenvalue weighted by molar-refractivity contribution is 6.29. The number of rotatable bonds is 5. The van der Waals surface area contributed by atoms with E-state index >= 15 is 0 Å². The monoisotopic (exact) mass is 418 g/mol. The van der Waals surface area contributed by atoms with Gasteiger partial charge in [0.25, 0.3) is 0 Å². The van der Waals surface area contributed by atoms with E-state index in [1.54, 1.807) is 12.4 Å². The molecule has 5 nitrogen and oxygen atoms in total. The van der Waals surface area contributed by atoms with Crippen LogP contribution >= 0.6 is 11.6 Å². The van der Waals surface area contributed by atoms with Gasteiger partial charge in [0, 0.05) is 33.1 Å². The lowest BCUT2D eigenvalue weighted by Gasteiger charge is -2.38. The van der Waals surface area contributed by atoms with Crippen LogP contribution in [-0.2, 0) is 4.79 Å². The predicted molar refractivity (Wildman–Crippen MR) is 117 cm³/mol. The molecule has 1 saturated heterocycles. The van der Waals surface area contributed by atoms with E-state index in [0.717, 1.165) is 44.7 Å². The molecule has 1 aromatic heterocycles. The summed E-state index contributed by atoms with van der Waals surface area (Å²) in [4.78, 5) is 25.7. The predicted octanol–water partition coefficient (Wildman–Crippen LogP) is 4.95. The van der Waals surface area contributed by atoms with E-state index in [4.69, 9.17) is 11.6 Å². The maximum atomic E-state index is 12.9. The van der Waals surface area contributed by atoms with E-state index in [0.29, 0.717) is 28.3 Å². The van der Waals surface area contributed by atoms with Crippen molar-refractivity contribution in [1.29, 1.82) is 0 Å². The first kappa shape index (κ1) is 20.9. The van der Waals surface area contributed by atoms with Gasteiger partial charge in [-0.05, 0) is 68.6 Å². The molecule has 2 saturated carbocycles. The van der Waals surface area contributed by atoms with Gasteiger partial charge >= 0.3 is 0 Å². The third-order valence-corrected chi connectivity index (χ3v) is 7.87. The SMILES string of the molecule is CN(CC1CCCN(c2cncc(Cl)n2)C1)C(=O)CC1CCC2(CCCC2)CC1. The number of anilines is 1. The molecule has 0 N–H and O–H groups in total. The smallest absolute Gasteiger partial charge is 0.222 e. The minimum Gasteiger partial charge on any atom is -0.355 e. The van der Waals surface area contributed by atoms with Crippen LogP contribution in [0, 0.1) is 17.3 Å². The van der Waals surface area contributed by atoms with Crippen LogP contribution in [0.4, 0.5) is 5.82 Å². The number of hydrogen-bond acceptors (Lipinski definition) is 4. The molecule has 6 heteroatoms. The minimum absolute atomic E-state index is 0.331. The molecule has 1 atom stereocenters. The first-order valence-corrected chi connectivity index (χ1v) is 11.9. The van der Waals surface area contributed by atoms with Crippen molar-refractivity contribution in [2.24, 2.45) is 17.3 Å². The summed E-state index contributed by atoms with van der Waals surface area (Å²) in [5, 5.41) is 0.434. The fourth-order valence-corrected chi connectivity index (χ4v) is 6.06. The van der Waals surface area contributed by atoms with E-state index in [-0.39, 0.29) is 0 Å². The molecular formula is C23H35ClN4O. The Morgan fingerprint density at radius 3 is 2.62 bits per heavy atom. The summed E-state index contributed by atoms with van der Waals surface area (Å²) in [5.74, 6) is 2.25. The average Bonchev–Trinajstić information content (AvgIpc) is 3.18. The van der Waals surface area contributed by atoms with E-state index in [2.05, 4.69) is 14.9 Å². The lowest BCUT2D eigenvalue weighted by molar-refractivity contribution is -0.132. The Labute approximate surface area is 180 Å². The van der Waals surface area contributed by atoms with Gasteiger partial charge in [0.15, 0.2) is 0 Å². The molecule has 3 aliphatic rings. The molecule has 1 aliphatic heterocycles. The number of nitrogens with zero attached hydrogens (tertiary/aromatic N) is 4. The number of piperidine rings is 1. The number of amides is 1. The second-order valence-electron chi connectivity index (χ2n) is 9.78. The molecule has 0 bridgehead atoms. The average molecular weight is 419 g/mol. The summed E-state index contributed by atoms with van der Waals surface area (Å²) < 4.78 is 0. The second kappa shape index (κ2) is 9.20. The van der Waals surface area contributed by atoms with Gasteiger partial charge < -0.3 is 9.80 Å². The molecule has 3 fully saturated rings. The van der Waals surface area contributed by atoms with Crippen molar-refractivity contribution in [2.75, 3.05) is 31.6 Å². The van der Waals surface area contributed by atoms with Crippen molar-refractivity contribution >= 4 is 23.3 Å². The Morgan fingerprint density at radius 2 is 1.90 bits per heavy atom. The van der Waals surface area contributed by atoms with Gasteiger partial charge in [-0.15, -0.1) is 0 Å². The fraction of sp³-hybridized carbons (Fsp3) is 0.783. The van der Waals surface area contributed by atoms with Crippen molar-refractivity contribution in [3.8, 4) is 0 Å². The molecule has 1 unspecified atom stereocenters. The van der Waals surface area contributed by atoms with Crippen LogP contribution in [0.1, 0.15) is 70.6 Å². The summed E-state index contributed by atoms with van der Waals surface area (Å²) >= 11 is 6.01. The van der Waals surface area contributed by atoms with Crippen molar-refractivity contribution in [2.45, 2.75) is 70.6 Å². The molecule has 1 aromatic rings. The zero-order valence-corrected chi connectivity index (χ0v) is 18.5. The number of halogens is 1. The molecule has 29 heavy (non-hydrogen) atoms. The lowest BCUT2D eigenvalue weighted by atomic mass is 9.69. The molecular weight excluding hydrogens is 384 g/mol. The van der Waals surface area contributed by atoms with E-state index in [1.165, 1.54) is 51.4 Å². The molecule has 1 spiro atoms. The summed E-state index contributed by atoms with van der Waals surface area (Å²) in [6.45, 7) is 2.73. The lowest BCUT2D eigenvalue weighted by Crippen LogP contribution is -2.42. The normalized spacial score (nSPS) is 24.8. The second-order valence-corrected chi connectivity index (χ2v) is 10.2. The number of hydrogen-bond donors (Lipinski definition) is 0. The Kier molecular flexibility index (Phi) is 6.63. The number of carbonyl (C=O) groups excluding carboxylic acids is 1. The van der Waals surface area contributed by atoms with Crippen molar-refractivity contribution in [1.82, 2.24) is 14.9 Å². The third kappa shape index (κ3) is 5.22. The molecule has 1 amide bonds.